The summed E-state index contributed by atoms with van der Waals surface area (Å²) in [5, 5.41) is 16.8. The van der Waals surface area contributed by atoms with Crippen molar-refractivity contribution in [1.82, 2.24) is 29.9 Å². The molecule has 6 rings (SSSR count). The van der Waals surface area contributed by atoms with Gasteiger partial charge in [-0.05, 0) is 80.1 Å². The van der Waals surface area contributed by atoms with Crippen molar-refractivity contribution in [3.8, 4) is 34.5 Å². The van der Waals surface area contributed by atoms with Gasteiger partial charge in [0.15, 0.2) is 0 Å². The van der Waals surface area contributed by atoms with Gasteiger partial charge in [-0.1, -0.05) is 12.0 Å². The van der Waals surface area contributed by atoms with Crippen LogP contribution in [0.5, 0.6) is 0 Å². The summed E-state index contributed by atoms with van der Waals surface area (Å²) in [4.78, 5) is 25.6. The highest BCUT2D eigenvalue weighted by Gasteiger charge is 2.21. The zero-order chi connectivity index (χ0) is 27.1. The van der Waals surface area contributed by atoms with E-state index < -0.39 is 0 Å². The minimum Gasteiger partial charge on any atom is -0.393 e. The van der Waals surface area contributed by atoms with Crippen LogP contribution in [-0.4, -0.2) is 47.2 Å². The summed E-state index contributed by atoms with van der Waals surface area (Å²) in [5.41, 5.74) is 4.97. The van der Waals surface area contributed by atoms with E-state index in [-0.39, 0.29) is 12.1 Å². The van der Waals surface area contributed by atoms with Gasteiger partial charge in [0.05, 0.1) is 17.4 Å². The van der Waals surface area contributed by atoms with Crippen molar-refractivity contribution in [2.45, 2.75) is 37.8 Å². The van der Waals surface area contributed by atoms with Gasteiger partial charge in [0.1, 0.15) is 17.3 Å². The molecule has 1 aromatic carbocycles. The van der Waals surface area contributed by atoms with Crippen molar-refractivity contribution >= 4 is 17.5 Å². The van der Waals surface area contributed by atoms with Crippen molar-refractivity contribution in [2.75, 3.05) is 10.6 Å². The molecule has 4 N–H and O–H groups in total. The molecule has 40 heavy (non-hydrogen) atoms. The summed E-state index contributed by atoms with van der Waals surface area (Å²) in [6.07, 6.45) is 11.9. The molecule has 1 saturated carbocycles. The summed E-state index contributed by atoms with van der Waals surface area (Å²) < 4.78 is 0. The predicted octanol–water partition coefficient (Wildman–Crippen LogP) is 5.18. The number of aromatic nitrogens is 6. The highest BCUT2D eigenvalue weighted by molar-refractivity contribution is 5.73. The summed E-state index contributed by atoms with van der Waals surface area (Å²) in [6, 6.07) is 17.6. The Morgan fingerprint density at radius 2 is 1.73 bits per heavy atom. The Morgan fingerprint density at radius 3 is 2.50 bits per heavy atom. The van der Waals surface area contributed by atoms with Gasteiger partial charge in [0.2, 0.25) is 5.95 Å². The highest BCUT2D eigenvalue weighted by atomic mass is 16.3. The van der Waals surface area contributed by atoms with E-state index in [9.17, 15) is 5.11 Å². The standard InChI is InChI=1S/C31H28N8O/c40-26-12-10-23(11-13-26)37-30-27(28-3-1-2-15-33-28)20-36-31(39-30)38-24-7-4-21(5-8-24)6-9-25-19-22(14-16-32-25)29-34-17-18-35-29/h1-5,7-8,14-20,23,26,40H,10-13H2,(H,34,35)(H2,36,37,38,39). The van der Waals surface area contributed by atoms with Gasteiger partial charge < -0.3 is 20.7 Å². The molecule has 198 valence electrons. The summed E-state index contributed by atoms with van der Waals surface area (Å²) in [5.74, 6) is 8.29. The minimum absolute atomic E-state index is 0.216. The monoisotopic (exact) mass is 528 g/mol. The number of hydrogen-bond acceptors (Lipinski definition) is 8. The Balaban J connectivity index is 1.18. The molecule has 4 aromatic heterocycles. The van der Waals surface area contributed by atoms with E-state index in [4.69, 9.17) is 4.98 Å². The Labute approximate surface area is 232 Å². The molecule has 4 heterocycles. The molecule has 1 aliphatic carbocycles. The Morgan fingerprint density at radius 1 is 0.850 bits per heavy atom. The van der Waals surface area contributed by atoms with Crippen molar-refractivity contribution in [3.05, 3.63) is 96.8 Å². The molecule has 0 atom stereocenters. The van der Waals surface area contributed by atoms with Gasteiger partial charge in [-0.25, -0.2) is 15.0 Å². The van der Waals surface area contributed by atoms with E-state index >= 15 is 0 Å². The number of hydrogen-bond donors (Lipinski definition) is 4. The quantitative estimate of drug-likeness (QED) is 0.222. The summed E-state index contributed by atoms with van der Waals surface area (Å²) >= 11 is 0. The lowest BCUT2D eigenvalue weighted by molar-refractivity contribution is 0.126. The zero-order valence-electron chi connectivity index (χ0n) is 21.7. The van der Waals surface area contributed by atoms with E-state index in [1.54, 1.807) is 31.0 Å². The van der Waals surface area contributed by atoms with Crippen LogP contribution >= 0.6 is 0 Å². The topological polar surface area (TPSA) is 125 Å². The molecule has 0 aliphatic heterocycles. The molecule has 0 unspecified atom stereocenters. The van der Waals surface area contributed by atoms with Crippen LogP contribution < -0.4 is 10.6 Å². The van der Waals surface area contributed by atoms with Gasteiger partial charge in [0, 0.05) is 53.8 Å². The van der Waals surface area contributed by atoms with Crippen LogP contribution in [0.15, 0.2) is 85.6 Å². The van der Waals surface area contributed by atoms with Crippen LogP contribution in [-0.2, 0) is 0 Å². The number of nitrogens with one attached hydrogen (secondary N) is 3. The highest BCUT2D eigenvalue weighted by Crippen LogP contribution is 2.29. The number of aromatic amines is 1. The Kier molecular flexibility index (Phi) is 7.42. The maximum atomic E-state index is 9.90. The molecule has 0 amide bonds. The zero-order valence-corrected chi connectivity index (χ0v) is 21.7. The lowest BCUT2D eigenvalue weighted by Gasteiger charge is -2.27. The molecule has 1 fully saturated rings. The van der Waals surface area contributed by atoms with Gasteiger partial charge >= 0.3 is 0 Å². The normalized spacial score (nSPS) is 16.5. The Bertz CT molecular complexity index is 1620. The third-order valence-corrected chi connectivity index (χ3v) is 6.77. The van der Waals surface area contributed by atoms with E-state index in [2.05, 4.69) is 47.4 Å². The van der Waals surface area contributed by atoms with E-state index in [1.165, 1.54) is 0 Å². The number of pyridine rings is 2. The predicted molar refractivity (Wildman–Crippen MR) is 155 cm³/mol. The lowest BCUT2D eigenvalue weighted by atomic mass is 9.93. The van der Waals surface area contributed by atoms with Gasteiger partial charge in [-0.3, -0.25) is 4.98 Å². The molecule has 0 spiro atoms. The number of benzene rings is 1. The van der Waals surface area contributed by atoms with Crippen LogP contribution in [0.25, 0.3) is 22.6 Å². The molecule has 0 radical (unpaired) electrons. The average Bonchev–Trinajstić information content (AvgIpc) is 3.54. The van der Waals surface area contributed by atoms with Crippen molar-refractivity contribution in [3.63, 3.8) is 0 Å². The van der Waals surface area contributed by atoms with Gasteiger partial charge in [-0.2, -0.15) is 4.98 Å². The van der Waals surface area contributed by atoms with Crippen molar-refractivity contribution in [1.29, 1.82) is 0 Å². The second-order valence-electron chi connectivity index (χ2n) is 9.64. The van der Waals surface area contributed by atoms with Crippen LogP contribution in [0.4, 0.5) is 17.5 Å². The SMILES string of the molecule is OC1CCC(Nc2nc(Nc3ccc(C#Cc4cc(-c5ncc[nH]5)ccn4)cc3)ncc2-c2ccccn2)CC1. The average molecular weight is 529 g/mol. The smallest absolute Gasteiger partial charge is 0.229 e. The third-order valence-electron chi connectivity index (χ3n) is 6.77. The van der Waals surface area contributed by atoms with Crippen molar-refractivity contribution < 1.29 is 5.11 Å². The molecule has 0 saturated heterocycles. The number of imidazole rings is 1. The van der Waals surface area contributed by atoms with E-state index in [0.29, 0.717) is 11.6 Å². The van der Waals surface area contributed by atoms with Crippen molar-refractivity contribution in [2.24, 2.45) is 0 Å². The van der Waals surface area contributed by atoms with Crippen LogP contribution in [0, 0.1) is 11.8 Å². The van der Waals surface area contributed by atoms with Crippen LogP contribution in [0.3, 0.4) is 0 Å². The first-order valence-electron chi connectivity index (χ1n) is 13.3. The number of rotatable bonds is 6. The fraction of sp³-hybridized carbons (Fsp3) is 0.194. The Hall–Kier alpha value is -5.07. The minimum atomic E-state index is -0.216. The largest absolute Gasteiger partial charge is 0.393 e. The number of aliphatic hydroxyl groups excluding tert-OH is 1. The molecular weight excluding hydrogens is 500 g/mol. The molecule has 9 heteroatoms. The summed E-state index contributed by atoms with van der Waals surface area (Å²) in [7, 11) is 0. The van der Waals surface area contributed by atoms with Crippen LogP contribution in [0.2, 0.25) is 0 Å². The number of anilines is 3. The van der Waals surface area contributed by atoms with Gasteiger partial charge in [-0.15, -0.1) is 0 Å². The fourth-order valence-electron chi connectivity index (χ4n) is 4.65. The number of H-pyrrole nitrogens is 1. The first-order valence-corrected chi connectivity index (χ1v) is 13.3. The molecular formula is C31H28N8O. The van der Waals surface area contributed by atoms with E-state index in [1.807, 2.05) is 54.6 Å². The van der Waals surface area contributed by atoms with Gasteiger partial charge in [0.25, 0.3) is 0 Å². The van der Waals surface area contributed by atoms with E-state index in [0.717, 1.165) is 65.4 Å². The first kappa shape index (κ1) is 25.2. The lowest BCUT2D eigenvalue weighted by Crippen LogP contribution is -2.29. The molecule has 9 nitrogen and oxygen atoms in total. The second-order valence-corrected chi connectivity index (χ2v) is 9.64. The fourth-order valence-corrected chi connectivity index (χ4v) is 4.65. The maximum absolute atomic E-state index is 9.90. The maximum Gasteiger partial charge on any atom is 0.229 e. The molecule has 5 aromatic rings. The molecule has 1 aliphatic rings. The van der Waals surface area contributed by atoms with Crippen LogP contribution in [0.1, 0.15) is 36.9 Å². The second kappa shape index (κ2) is 11.8. The third kappa shape index (κ3) is 6.14. The first-order chi connectivity index (χ1) is 19.7. The number of nitrogens with zero attached hydrogens (tertiary/aromatic N) is 5. The summed E-state index contributed by atoms with van der Waals surface area (Å²) in [6.45, 7) is 0. The number of aliphatic hydroxyl groups is 1. The molecule has 0 bridgehead atoms.